The lowest BCUT2D eigenvalue weighted by Crippen LogP contribution is -2.31. The molecule has 0 radical (unpaired) electrons. The van der Waals surface area contributed by atoms with Crippen LogP contribution in [0.25, 0.3) is 0 Å². The Bertz CT molecular complexity index is 849. The summed E-state index contributed by atoms with van der Waals surface area (Å²) >= 11 is 0. The van der Waals surface area contributed by atoms with E-state index < -0.39 is 11.7 Å². The summed E-state index contributed by atoms with van der Waals surface area (Å²) in [5.41, 5.74) is 1.76. The normalized spacial score (nSPS) is 11.0. The number of alkyl halides is 3. The van der Waals surface area contributed by atoms with E-state index in [1.807, 2.05) is 32.0 Å². The number of aryl methyl sites for hydroxylation is 2. The summed E-state index contributed by atoms with van der Waals surface area (Å²) in [7, 11) is 1.55. The fourth-order valence-corrected chi connectivity index (χ4v) is 2.63. The highest BCUT2D eigenvalue weighted by atomic mass is 19.4. The number of carbonyl (C=O) groups is 1. The number of hydrogen-bond donors (Lipinski definition) is 1. The van der Waals surface area contributed by atoms with E-state index in [0.717, 1.165) is 23.3 Å². The number of amides is 1. The average Bonchev–Trinajstić information content (AvgIpc) is 2.56. The van der Waals surface area contributed by atoms with Crippen molar-refractivity contribution in [1.82, 2.24) is 0 Å². The Morgan fingerprint density at radius 2 is 1.81 bits per heavy atom. The third-order valence-corrected chi connectivity index (χ3v) is 3.98. The van der Waals surface area contributed by atoms with E-state index in [1.165, 1.54) is 11.0 Å². The van der Waals surface area contributed by atoms with E-state index in [1.54, 1.807) is 13.1 Å². The Hall–Kier alpha value is -3.01. The molecule has 0 aromatic heterocycles. The number of likely N-dealkylation sites (N-methyl/N-ethyl adjacent to an activating group) is 1. The summed E-state index contributed by atoms with van der Waals surface area (Å²) in [5.74, 6) is -0.325. The number of benzene rings is 2. The van der Waals surface area contributed by atoms with Crippen LogP contribution in [0.2, 0.25) is 0 Å². The number of anilines is 2. The third-order valence-electron chi connectivity index (χ3n) is 3.98. The summed E-state index contributed by atoms with van der Waals surface area (Å²) in [6, 6.07) is 10.3. The number of halogens is 3. The summed E-state index contributed by atoms with van der Waals surface area (Å²) in [6.07, 6.45) is -4.53. The van der Waals surface area contributed by atoms with Crippen LogP contribution >= 0.6 is 0 Å². The average molecular weight is 361 g/mol. The second kappa shape index (κ2) is 7.48. The van der Waals surface area contributed by atoms with Gasteiger partial charge >= 0.3 is 6.18 Å². The second-order valence-electron chi connectivity index (χ2n) is 6.01. The van der Waals surface area contributed by atoms with Gasteiger partial charge in [-0.2, -0.15) is 18.4 Å². The molecule has 0 aliphatic rings. The maximum absolute atomic E-state index is 12.8. The lowest BCUT2D eigenvalue weighted by Gasteiger charge is -2.21. The maximum Gasteiger partial charge on any atom is 0.416 e. The van der Waals surface area contributed by atoms with Crippen molar-refractivity contribution < 1.29 is 18.0 Å². The maximum atomic E-state index is 12.8. The first-order valence-electron chi connectivity index (χ1n) is 7.82. The van der Waals surface area contributed by atoms with E-state index in [2.05, 4.69) is 5.32 Å². The highest BCUT2D eigenvalue weighted by Crippen LogP contribution is 2.32. The van der Waals surface area contributed by atoms with Crippen LogP contribution in [0.4, 0.5) is 24.5 Å². The molecular formula is C19H18F3N3O. The Labute approximate surface area is 149 Å². The zero-order valence-corrected chi connectivity index (χ0v) is 14.6. The summed E-state index contributed by atoms with van der Waals surface area (Å²) < 4.78 is 38.3. The topological polar surface area (TPSA) is 56.1 Å². The number of nitriles is 1. The van der Waals surface area contributed by atoms with Crippen molar-refractivity contribution >= 4 is 17.3 Å². The van der Waals surface area contributed by atoms with Crippen molar-refractivity contribution in [2.45, 2.75) is 20.0 Å². The van der Waals surface area contributed by atoms with Gasteiger partial charge in [-0.1, -0.05) is 18.2 Å². The van der Waals surface area contributed by atoms with Crippen LogP contribution in [0, 0.1) is 25.2 Å². The third kappa shape index (κ3) is 4.33. The van der Waals surface area contributed by atoms with Crippen LogP contribution in [0.5, 0.6) is 0 Å². The van der Waals surface area contributed by atoms with Gasteiger partial charge in [0, 0.05) is 12.7 Å². The number of hydrogen-bond acceptors (Lipinski definition) is 3. The van der Waals surface area contributed by atoms with E-state index in [0.29, 0.717) is 5.69 Å². The van der Waals surface area contributed by atoms with E-state index in [-0.39, 0.29) is 23.7 Å². The second-order valence-corrected chi connectivity index (χ2v) is 6.01. The molecule has 2 aromatic rings. The zero-order valence-electron chi connectivity index (χ0n) is 14.6. The van der Waals surface area contributed by atoms with Crippen LogP contribution in [0.1, 0.15) is 22.3 Å². The molecule has 0 atom stereocenters. The van der Waals surface area contributed by atoms with Gasteiger partial charge in [0.2, 0.25) is 5.91 Å². The molecule has 0 spiro atoms. The Morgan fingerprint density at radius 3 is 2.35 bits per heavy atom. The van der Waals surface area contributed by atoms with Crippen molar-refractivity contribution in [3.05, 3.63) is 58.7 Å². The monoisotopic (exact) mass is 361 g/mol. The van der Waals surface area contributed by atoms with Crippen LogP contribution in [-0.4, -0.2) is 19.5 Å². The van der Waals surface area contributed by atoms with Crippen LogP contribution < -0.4 is 10.2 Å². The summed E-state index contributed by atoms with van der Waals surface area (Å²) in [6.45, 7) is 3.64. The van der Waals surface area contributed by atoms with Gasteiger partial charge in [0.25, 0.3) is 0 Å². The molecule has 2 aromatic carbocycles. The molecule has 0 unspecified atom stereocenters. The molecule has 136 valence electrons. The quantitative estimate of drug-likeness (QED) is 0.885. The van der Waals surface area contributed by atoms with E-state index in [4.69, 9.17) is 5.26 Å². The molecule has 4 nitrogen and oxygen atoms in total. The van der Waals surface area contributed by atoms with Gasteiger partial charge in [-0.25, -0.2) is 0 Å². The molecule has 0 heterocycles. The molecule has 2 rings (SSSR count). The van der Waals surface area contributed by atoms with Gasteiger partial charge in [-0.15, -0.1) is 0 Å². The summed E-state index contributed by atoms with van der Waals surface area (Å²) in [4.78, 5) is 13.8. The van der Waals surface area contributed by atoms with Crippen molar-refractivity contribution in [3.8, 4) is 6.07 Å². The Kier molecular flexibility index (Phi) is 5.56. The molecular weight excluding hydrogens is 343 g/mol. The van der Waals surface area contributed by atoms with Crippen LogP contribution in [0.15, 0.2) is 36.4 Å². The predicted molar refractivity (Wildman–Crippen MR) is 94.0 cm³/mol. The van der Waals surface area contributed by atoms with Gasteiger partial charge in [0.15, 0.2) is 0 Å². The SMILES string of the molecule is Cc1cccc(C)c1NC(=O)CN(C)c1ccc(C(F)(F)F)cc1C#N. The minimum absolute atomic E-state index is 0.103. The summed E-state index contributed by atoms with van der Waals surface area (Å²) in [5, 5.41) is 12.0. The first kappa shape index (κ1) is 19.3. The van der Waals surface area contributed by atoms with E-state index >= 15 is 0 Å². The van der Waals surface area contributed by atoms with Crippen molar-refractivity contribution in [2.75, 3.05) is 23.8 Å². The Balaban J connectivity index is 2.18. The fraction of sp³-hybridized carbons (Fsp3) is 0.263. The molecule has 1 N–H and O–H groups in total. The zero-order chi connectivity index (χ0) is 19.5. The number of nitrogens with one attached hydrogen (secondary N) is 1. The number of rotatable bonds is 4. The fourth-order valence-electron chi connectivity index (χ4n) is 2.63. The lowest BCUT2D eigenvalue weighted by molar-refractivity contribution is -0.137. The van der Waals surface area contributed by atoms with Crippen LogP contribution in [-0.2, 0) is 11.0 Å². The highest BCUT2D eigenvalue weighted by molar-refractivity contribution is 5.95. The molecule has 26 heavy (non-hydrogen) atoms. The first-order valence-corrected chi connectivity index (χ1v) is 7.82. The molecule has 0 bridgehead atoms. The van der Waals surface area contributed by atoms with Gasteiger partial charge in [0.1, 0.15) is 6.07 Å². The van der Waals surface area contributed by atoms with Gasteiger partial charge in [0.05, 0.1) is 23.4 Å². The number of carbonyl (C=O) groups excluding carboxylic acids is 1. The van der Waals surface area contributed by atoms with Crippen LogP contribution in [0.3, 0.4) is 0 Å². The predicted octanol–water partition coefficient (Wildman–Crippen LogP) is 4.27. The van der Waals surface area contributed by atoms with Gasteiger partial charge in [-0.3, -0.25) is 4.79 Å². The van der Waals surface area contributed by atoms with Crippen molar-refractivity contribution in [2.24, 2.45) is 0 Å². The largest absolute Gasteiger partial charge is 0.416 e. The van der Waals surface area contributed by atoms with E-state index in [9.17, 15) is 18.0 Å². The molecule has 7 heteroatoms. The standard InChI is InChI=1S/C19H18F3N3O/c1-12-5-4-6-13(2)18(12)24-17(26)11-25(3)16-8-7-15(19(20,21)22)9-14(16)10-23/h4-9H,11H2,1-3H3,(H,24,26). The molecule has 0 aliphatic carbocycles. The van der Waals surface area contributed by atoms with Crippen molar-refractivity contribution in [1.29, 1.82) is 5.26 Å². The minimum Gasteiger partial charge on any atom is -0.364 e. The lowest BCUT2D eigenvalue weighted by atomic mass is 10.1. The highest BCUT2D eigenvalue weighted by Gasteiger charge is 2.31. The Morgan fingerprint density at radius 1 is 1.19 bits per heavy atom. The molecule has 0 fully saturated rings. The first-order chi connectivity index (χ1) is 12.1. The van der Waals surface area contributed by atoms with Crippen molar-refractivity contribution in [3.63, 3.8) is 0 Å². The smallest absolute Gasteiger partial charge is 0.364 e. The molecule has 1 amide bonds. The minimum atomic E-state index is -4.53. The van der Waals surface area contributed by atoms with Gasteiger partial charge < -0.3 is 10.2 Å². The van der Waals surface area contributed by atoms with Gasteiger partial charge in [-0.05, 0) is 43.2 Å². The molecule has 0 saturated heterocycles. The molecule has 0 saturated carbocycles. The number of para-hydroxylation sites is 1. The molecule has 0 aliphatic heterocycles. The number of nitrogens with zero attached hydrogens (tertiary/aromatic N) is 2.